The van der Waals surface area contributed by atoms with Crippen molar-refractivity contribution >= 4 is 17.3 Å². The molecule has 3 rings (SSSR count). The van der Waals surface area contributed by atoms with Gasteiger partial charge in [-0.1, -0.05) is 42.0 Å². The summed E-state index contributed by atoms with van der Waals surface area (Å²) in [6.45, 7) is 1.94. The molecule has 0 aliphatic carbocycles. The lowest BCUT2D eigenvalue weighted by Crippen LogP contribution is -2.12. The smallest absolute Gasteiger partial charge is 0.209 e. The molecular formula is C18H15NO2. The lowest BCUT2D eigenvalue weighted by Gasteiger charge is -2.10. The molecule has 0 aromatic heterocycles. The number of ketones is 2. The second kappa shape index (κ2) is 5.37. The fourth-order valence-electron chi connectivity index (χ4n) is 2.44. The number of allylic oxidation sites excluding steroid dienone is 2. The van der Waals surface area contributed by atoms with Crippen LogP contribution < -0.4 is 5.32 Å². The number of para-hydroxylation sites is 1. The van der Waals surface area contributed by atoms with Crippen molar-refractivity contribution in [3.63, 3.8) is 0 Å². The molecule has 0 atom stereocenters. The number of benzene rings is 2. The second-order valence-electron chi connectivity index (χ2n) is 5.18. The highest BCUT2D eigenvalue weighted by Gasteiger charge is 2.19. The molecule has 0 amide bonds. The lowest BCUT2D eigenvalue weighted by atomic mass is 10.0. The fraction of sp³-hybridized carbons (Fsp3) is 0.111. The van der Waals surface area contributed by atoms with Crippen LogP contribution in [0.4, 0.5) is 5.69 Å². The Balaban J connectivity index is 1.98. The summed E-state index contributed by atoms with van der Waals surface area (Å²) in [5.41, 5.74) is 3.65. The molecule has 1 aliphatic rings. The van der Waals surface area contributed by atoms with Crippen LogP contribution in [-0.2, 0) is 11.2 Å². The summed E-state index contributed by atoms with van der Waals surface area (Å²) < 4.78 is 0. The molecule has 0 saturated heterocycles. The Labute approximate surface area is 123 Å². The van der Waals surface area contributed by atoms with E-state index in [1.54, 1.807) is 6.07 Å². The van der Waals surface area contributed by atoms with E-state index in [9.17, 15) is 9.59 Å². The summed E-state index contributed by atoms with van der Waals surface area (Å²) >= 11 is 0. The van der Waals surface area contributed by atoms with Crippen LogP contribution in [-0.4, -0.2) is 11.6 Å². The zero-order valence-corrected chi connectivity index (χ0v) is 11.7. The highest BCUT2D eigenvalue weighted by atomic mass is 16.1. The number of anilines is 1. The maximum absolute atomic E-state index is 12.6. The Morgan fingerprint density at radius 1 is 1.10 bits per heavy atom. The van der Waals surface area contributed by atoms with Crippen molar-refractivity contribution in [1.29, 1.82) is 0 Å². The van der Waals surface area contributed by atoms with Crippen LogP contribution in [0.2, 0.25) is 0 Å². The summed E-state index contributed by atoms with van der Waals surface area (Å²) in [6, 6.07) is 14.9. The van der Waals surface area contributed by atoms with Crippen molar-refractivity contribution in [2.75, 3.05) is 5.32 Å². The van der Waals surface area contributed by atoms with E-state index < -0.39 is 0 Å². The number of hydrogen-bond acceptors (Lipinski definition) is 3. The molecule has 21 heavy (non-hydrogen) atoms. The molecule has 0 bridgehead atoms. The molecule has 3 heteroatoms. The van der Waals surface area contributed by atoms with Crippen LogP contribution in [0, 0.1) is 6.92 Å². The third-order valence-corrected chi connectivity index (χ3v) is 3.48. The molecule has 1 heterocycles. The first-order chi connectivity index (χ1) is 10.1. The highest BCUT2D eigenvalue weighted by molar-refractivity contribution is 6.14. The second-order valence-corrected chi connectivity index (χ2v) is 5.18. The van der Waals surface area contributed by atoms with Crippen LogP contribution in [0.3, 0.4) is 0 Å². The largest absolute Gasteiger partial charge is 0.352 e. The average Bonchev–Trinajstić information content (AvgIpc) is 2.64. The SMILES string of the molecule is Cc1cccc(C(=O)C2=CC(=O)Cc3ccccc3N2)c1. The first-order valence-corrected chi connectivity index (χ1v) is 6.84. The Morgan fingerprint density at radius 3 is 2.71 bits per heavy atom. The number of fused-ring (bicyclic) bond motifs is 1. The van der Waals surface area contributed by atoms with E-state index in [0.717, 1.165) is 16.8 Å². The zero-order chi connectivity index (χ0) is 14.8. The molecule has 104 valence electrons. The quantitative estimate of drug-likeness (QED) is 0.857. The van der Waals surface area contributed by atoms with Crippen molar-refractivity contribution in [2.45, 2.75) is 13.3 Å². The van der Waals surface area contributed by atoms with Gasteiger partial charge in [0.25, 0.3) is 0 Å². The van der Waals surface area contributed by atoms with Crippen LogP contribution in [0.25, 0.3) is 0 Å². The van der Waals surface area contributed by atoms with E-state index in [-0.39, 0.29) is 11.6 Å². The minimum atomic E-state index is -0.163. The highest BCUT2D eigenvalue weighted by Crippen LogP contribution is 2.23. The molecule has 2 aromatic carbocycles. The Hall–Kier alpha value is -2.68. The molecule has 2 aromatic rings. The van der Waals surface area contributed by atoms with E-state index in [1.807, 2.05) is 49.4 Å². The normalized spacial score (nSPS) is 13.8. The summed E-state index contributed by atoms with van der Waals surface area (Å²) in [7, 11) is 0. The van der Waals surface area contributed by atoms with Crippen molar-refractivity contribution in [1.82, 2.24) is 0 Å². The predicted molar refractivity (Wildman–Crippen MR) is 82.4 cm³/mol. The lowest BCUT2D eigenvalue weighted by molar-refractivity contribution is -0.114. The minimum absolute atomic E-state index is 0.0662. The van der Waals surface area contributed by atoms with E-state index in [1.165, 1.54) is 6.08 Å². The van der Waals surface area contributed by atoms with Crippen molar-refractivity contribution in [2.24, 2.45) is 0 Å². The van der Waals surface area contributed by atoms with Gasteiger partial charge in [-0.2, -0.15) is 0 Å². The summed E-state index contributed by atoms with van der Waals surface area (Å²) in [6.07, 6.45) is 1.72. The first-order valence-electron chi connectivity index (χ1n) is 6.84. The van der Waals surface area contributed by atoms with Gasteiger partial charge in [-0.25, -0.2) is 0 Å². The van der Waals surface area contributed by atoms with Crippen molar-refractivity contribution < 1.29 is 9.59 Å². The number of carbonyl (C=O) groups is 2. The molecule has 3 nitrogen and oxygen atoms in total. The number of nitrogens with one attached hydrogen (secondary N) is 1. The number of aryl methyl sites for hydroxylation is 1. The van der Waals surface area contributed by atoms with E-state index in [2.05, 4.69) is 5.32 Å². The number of hydrogen-bond donors (Lipinski definition) is 1. The average molecular weight is 277 g/mol. The molecule has 0 radical (unpaired) electrons. The standard InChI is InChI=1S/C18H15NO2/c1-12-5-4-7-14(9-12)18(21)17-11-15(20)10-13-6-2-3-8-16(13)19-17/h2-9,11,19H,10H2,1H3. The van der Waals surface area contributed by atoms with Gasteiger partial charge < -0.3 is 5.32 Å². The van der Waals surface area contributed by atoms with Crippen LogP contribution in [0.5, 0.6) is 0 Å². The molecular weight excluding hydrogens is 262 g/mol. The van der Waals surface area contributed by atoms with E-state index >= 15 is 0 Å². The number of rotatable bonds is 2. The first kappa shape index (κ1) is 13.3. The van der Waals surface area contributed by atoms with Crippen LogP contribution in [0.1, 0.15) is 21.5 Å². The summed E-state index contributed by atoms with van der Waals surface area (Å²) in [5.74, 6) is -0.229. The molecule has 1 N–H and O–H groups in total. The van der Waals surface area contributed by atoms with Crippen molar-refractivity contribution in [3.05, 3.63) is 77.0 Å². The van der Waals surface area contributed by atoms with Gasteiger partial charge in [-0.05, 0) is 24.6 Å². The van der Waals surface area contributed by atoms with Gasteiger partial charge in [0.1, 0.15) is 0 Å². The minimum Gasteiger partial charge on any atom is -0.352 e. The van der Waals surface area contributed by atoms with Crippen LogP contribution in [0.15, 0.2) is 60.3 Å². The van der Waals surface area contributed by atoms with Gasteiger partial charge in [0.05, 0.1) is 5.70 Å². The number of Topliss-reactive ketones (excluding diaryl/α,β-unsaturated/α-hetero) is 1. The zero-order valence-electron chi connectivity index (χ0n) is 11.7. The van der Waals surface area contributed by atoms with Gasteiger partial charge in [0, 0.05) is 23.7 Å². The molecule has 1 aliphatic heterocycles. The van der Waals surface area contributed by atoms with E-state index in [4.69, 9.17) is 0 Å². The van der Waals surface area contributed by atoms with Gasteiger partial charge >= 0.3 is 0 Å². The molecule has 0 saturated carbocycles. The third kappa shape index (κ3) is 2.77. The Bertz CT molecular complexity index is 759. The van der Waals surface area contributed by atoms with Gasteiger partial charge in [0.15, 0.2) is 5.78 Å². The third-order valence-electron chi connectivity index (χ3n) is 3.48. The summed E-state index contributed by atoms with van der Waals surface area (Å²) in [4.78, 5) is 24.6. The maximum Gasteiger partial charge on any atom is 0.209 e. The van der Waals surface area contributed by atoms with Gasteiger partial charge in [0.2, 0.25) is 5.78 Å². The van der Waals surface area contributed by atoms with Gasteiger partial charge in [-0.15, -0.1) is 0 Å². The topological polar surface area (TPSA) is 46.2 Å². The molecule has 0 spiro atoms. The Kier molecular flexibility index (Phi) is 3.40. The molecule has 0 unspecified atom stereocenters. The molecule has 0 fully saturated rings. The fourth-order valence-corrected chi connectivity index (χ4v) is 2.44. The van der Waals surface area contributed by atoms with Crippen LogP contribution >= 0.6 is 0 Å². The maximum atomic E-state index is 12.6. The monoisotopic (exact) mass is 277 g/mol. The Morgan fingerprint density at radius 2 is 1.90 bits per heavy atom. The number of carbonyl (C=O) groups excluding carboxylic acids is 2. The van der Waals surface area contributed by atoms with Crippen molar-refractivity contribution in [3.8, 4) is 0 Å². The van der Waals surface area contributed by atoms with E-state index in [0.29, 0.717) is 17.7 Å². The predicted octanol–water partition coefficient (Wildman–Crippen LogP) is 3.30. The summed E-state index contributed by atoms with van der Waals surface area (Å²) in [5, 5.41) is 3.10. The van der Waals surface area contributed by atoms with Gasteiger partial charge in [-0.3, -0.25) is 9.59 Å².